The lowest BCUT2D eigenvalue weighted by molar-refractivity contribution is 0.866. The van der Waals surface area contributed by atoms with Crippen LogP contribution in [0.1, 0.15) is 13.8 Å². The highest BCUT2D eigenvalue weighted by Crippen LogP contribution is 2.19. The minimum Gasteiger partial charge on any atom is -0.372 e. The molecule has 1 N–H and O–H groups in total. The fourth-order valence-electron chi connectivity index (χ4n) is 1.70. The molecule has 4 nitrogen and oxygen atoms in total. The first kappa shape index (κ1) is 11.9. The highest BCUT2D eigenvalue weighted by Gasteiger charge is 2.02. The van der Waals surface area contributed by atoms with Crippen LogP contribution in [0.3, 0.4) is 0 Å². The van der Waals surface area contributed by atoms with Crippen molar-refractivity contribution in [1.82, 2.24) is 9.36 Å². The Morgan fingerprint density at radius 1 is 1.18 bits per heavy atom. The zero-order chi connectivity index (χ0) is 12.1. The van der Waals surface area contributed by atoms with Gasteiger partial charge in [-0.15, -0.1) is 0 Å². The van der Waals surface area contributed by atoms with E-state index in [4.69, 9.17) is 0 Å². The predicted molar refractivity (Wildman–Crippen MR) is 73.2 cm³/mol. The molecule has 0 spiro atoms. The number of rotatable bonds is 5. The summed E-state index contributed by atoms with van der Waals surface area (Å²) in [6, 6.07) is 8.33. The lowest BCUT2D eigenvalue weighted by Gasteiger charge is -2.21. The first-order valence-electron chi connectivity index (χ1n) is 5.72. The van der Waals surface area contributed by atoms with Gasteiger partial charge in [0.2, 0.25) is 5.95 Å². The van der Waals surface area contributed by atoms with Gasteiger partial charge in [0, 0.05) is 24.5 Å². The molecular formula is C12H16N4S. The van der Waals surface area contributed by atoms with Crippen molar-refractivity contribution < 1.29 is 0 Å². The van der Waals surface area contributed by atoms with Gasteiger partial charge in [0.1, 0.15) is 5.51 Å². The zero-order valence-corrected chi connectivity index (χ0v) is 10.9. The first-order chi connectivity index (χ1) is 8.33. The number of nitrogens with zero attached hydrogens (tertiary/aromatic N) is 3. The summed E-state index contributed by atoms with van der Waals surface area (Å²) in [6.45, 7) is 6.37. The summed E-state index contributed by atoms with van der Waals surface area (Å²) >= 11 is 1.34. The molecule has 0 aliphatic heterocycles. The van der Waals surface area contributed by atoms with Crippen LogP contribution in [-0.2, 0) is 0 Å². The Morgan fingerprint density at radius 2 is 1.88 bits per heavy atom. The Kier molecular flexibility index (Phi) is 3.93. The van der Waals surface area contributed by atoms with E-state index >= 15 is 0 Å². The van der Waals surface area contributed by atoms with E-state index in [2.05, 4.69) is 57.7 Å². The number of benzene rings is 1. The SMILES string of the molecule is CCN(CC)c1ccc(Nc2ncsn2)cc1. The van der Waals surface area contributed by atoms with Gasteiger partial charge in [-0.25, -0.2) is 4.98 Å². The van der Waals surface area contributed by atoms with Crippen LogP contribution < -0.4 is 10.2 Å². The van der Waals surface area contributed by atoms with Gasteiger partial charge in [0.05, 0.1) is 0 Å². The van der Waals surface area contributed by atoms with Crippen molar-refractivity contribution in [3.63, 3.8) is 0 Å². The Balaban J connectivity index is 2.07. The summed E-state index contributed by atoms with van der Waals surface area (Å²) in [4.78, 5) is 6.40. The third-order valence-electron chi connectivity index (χ3n) is 2.61. The summed E-state index contributed by atoms with van der Waals surface area (Å²) in [5.41, 5.74) is 3.97. The van der Waals surface area contributed by atoms with E-state index in [1.54, 1.807) is 5.51 Å². The largest absolute Gasteiger partial charge is 0.372 e. The van der Waals surface area contributed by atoms with Gasteiger partial charge in [-0.05, 0) is 49.6 Å². The number of anilines is 3. The fraction of sp³-hybridized carbons (Fsp3) is 0.333. The molecule has 2 aromatic rings. The minimum atomic E-state index is 0.658. The second-order valence-electron chi connectivity index (χ2n) is 3.60. The zero-order valence-electron chi connectivity index (χ0n) is 10.1. The topological polar surface area (TPSA) is 41.0 Å². The van der Waals surface area contributed by atoms with Crippen molar-refractivity contribution >= 4 is 28.9 Å². The molecule has 1 aromatic carbocycles. The minimum absolute atomic E-state index is 0.658. The number of hydrogen-bond donors (Lipinski definition) is 1. The van der Waals surface area contributed by atoms with Crippen LogP contribution in [0.25, 0.3) is 0 Å². The maximum atomic E-state index is 4.11. The van der Waals surface area contributed by atoms with Gasteiger partial charge in [0.15, 0.2) is 0 Å². The molecule has 0 aliphatic carbocycles. The molecule has 2 rings (SSSR count). The molecule has 0 unspecified atom stereocenters. The highest BCUT2D eigenvalue weighted by molar-refractivity contribution is 7.03. The lowest BCUT2D eigenvalue weighted by Crippen LogP contribution is -2.21. The maximum Gasteiger partial charge on any atom is 0.238 e. The summed E-state index contributed by atoms with van der Waals surface area (Å²) in [5, 5.41) is 3.16. The third-order valence-corrected chi connectivity index (χ3v) is 3.09. The number of hydrogen-bond acceptors (Lipinski definition) is 5. The van der Waals surface area contributed by atoms with E-state index in [0.29, 0.717) is 5.95 Å². The normalized spacial score (nSPS) is 10.2. The van der Waals surface area contributed by atoms with E-state index in [-0.39, 0.29) is 0 Å². The molecule has 1 heterocycles. The molecule has 0 radical (unpaired) electrons. The second-order valence-corrected chi connectivity index (χ2v) is 4.20. The second kappa shape index (κ2) is 5.63. The summed E-state index contributed by atoms with van der Waals surface area (Å²) in [5.74, 6) is 0.658. The van der Waals surface area contributed by atoms with E-state index in [1.165, 1.54) is 17.2 Å². The highest BCUT2D eigenvalue weighted by atomic mass is 32.1. The lowest BCUT2D eigenvalue weighted by atomic mass is 10.2. The maximum absolute atomic E-state index is 4.11. The molecule has 90 valence electrons. The molecule has 0 amide bonds. The molecule has 0 fully saturated rings. The van der Waals surface area contributed by atoms with Gasteiger partial charge in [0.25, 0.3) is 0 Å². The number of aromatic nitrogens is 2. The van der Waals surface area contributed by atoms with Crippen molar-refractivity contribution in [2.75, 3.05) is 23.3 Å². The predicted octanol–water partition coefficient (Wildman–Crippen LogP) is 3.13. The van der Waals surface area contributed by atoms with Crippen LogP contribution in [-0.4, -0.2) is 22.4 Å². The quantitative estimate of drug-likeness (QED) is 0.882. The first-order valence-corrected chi connectivity index (χ1v) is 6.55. The van der Waals surface area contributed by atoms with E-state index in [0.717, 1.165) is 18.8 Å². The van der Waals surface area contributed by atoms with Crippen molar-refractivity contribution in [1.29, 1.82) is 0 Å². The van der Waals surface area contributed by atoms with Crippen molar-refractivity contribution in [3.05, 3.63) is 29.8 Å². The van der Waals surface area contributed by atoms with E-state index in [1.807, 2.05) is 0 Å². The molecule has 0 saturated carbocycles. The smallest absolute Gasteiger partial charge is 0.238 e. The van der Waals surface area contributed by atoms with Crippen LogP contribution in [0.4, 0.5) is 17.3 Å². The van der Waals surface area contributed by atoms with Gasteiger partial charge in [-0.2, -0.15) is 4.37 Å². The van der Waals surface area contributed by atoms with Crippen molar-refractivity contribution in [2.24, 2.45) is 0 Å². The Morgan fingerprint density at radius 3 is 2.41 bits per heavy atom. The molecule has 0 aliphatic rings. The summed E-state index contributed by atoms with van der Waals surface area (Å²) in [6.07, 6.45) is 0. The Hall–Kier alpha value is -1.62. The number of nitrogens with one attached hydrogen (secondary N) is 1. The fourth-order valence-corrected chi connectivity index (χ4v) is 2.09. The standard InChI is InChI=1S/C12H16N4S/c1-3-16(4-2)11-7-5-10(6-8-11)14-12-13-9-17-15-12/h5-9H,3-4H2,1-2H3,(H,14,15). The molecule has 0 atom stereocenters. The van der Waals surface area contributed by atoms with Crippen LogP contribution >= 0.6 is 11.5 Å². The Labute approximate surface area is 105 Å². The van der Waals surface area contributed by atoms with E-state index in [9.17, 15) is 0 Å². The summed E-state index contributed by atoms with van der Waals surface area (Å²) < 4.78 is 4.11. The van der Waals surface area contributed by atoms with E-state index < -0.39 is 0 Å². The molecule has 5 heteroatoms. The molecular weight excluding hydrogens is 232 g/mol. The monoisotopic (exact) mass is 248 g/mol. The van der Waals surface area contributed by atoms with Crippen molar-refractivity contribution in [2.45, 2.75) is 13.8 Å². The summed E-state index contributed by atoms with van der Waals surface area (Å²) in [7, 11) is 0. The molecule has 0 bridgehead atoms. The molecule has 0 saturated heterocycles. The van der Waals surface area contributed by atoms with Gasteiger partial charge >= 0.3 is 0 Å². The van der Waals surface area contributed by atoms with Crippen molar-refractivity contribution in [3.8, 4) is 0 Å². The van der Waals surface area contributed by atoms with Gasteiger partial charge < -0.3 is 10.2 Å². The van der Waals surface area contributed by atoms with Crippen LogP contribution in [0.15, 0.2) is 29.8 Å². The van der Waals surface area contributed by atoms with Crippen LogP contribution in [0.2, 0.25) is 0 Å². The van der Waals surface area contributed by atoms with Gasteiger partial charge in [-0.3, -0.25) is 0 Å². The molecule has 17 heavy (non-hydrogen) atoms. The third kappa shape index (κ3) is 2.94. The van der Waals surface area contributed by atoms with Crippen LogP contribution in [0, 0.1) is 0 Å². The Bertz CT molecular complexity index is 434. The average molecular weight is 248 g/mol. The molecule has 1 aromatic heterocycles. The average Bonchev–Trinajstić information content (AvgIpc) is 2.86. The van der Waals surface area contributed by atoms with Crippen LogP contribution in [0.5, 0.6) is 0 Å². The van der Waals surface area contributed by atoms with Gasteiger partial charge in [-0.1, -0.05) is 0 Å².